The Morgan fingerprint density at radius 2 is 2.22 bits per heavy atom. The predicted molar refractivity (Wildman–Crippen MR) is 42.4 cm³/mol. The molecule has 3 heteroatoms. The molecule has 45 valence electrons. The molecule has 1 aromatic carbocycles. The summed E-state index contributed by atoms with van der Waals surface area (Å²) >= 11 is 2.80. The molecular formula is C6H5BrInO. The van der Waals surface area contributed by atoms with Gasteiger partial charge in [-0.25, -0.2) is 0 Å². The summed E-state index contributed by atoms with van der Waals surface area (Å²) in [6, 6.07) is 7.41. The van der Waals surface area contributed by atoms with Crippen molar-refractivity contribution in [1.29, 1.82) is 0 Å². The van der Waals surface area contributed by atoms with E-state index in [0.717, 1.165) is 0 Å². The number of hydrogen-bond donors (Lipinski definition) is 1. The number of rotatable bonds is 1. The quantitative estimate of drug-likeness (QED) is 0.818. The first-order valence-corrected chi connectivity index (χ1v) is 11.6. The Morgan fingerprint density at radius 1 is 1.44 bits per heavy atom. The van der Waals surface area contributed by atoms with E-state index in [1.165, 1.54) is 3.32 Å². The molecule has 0 heterocycles. The fourth-order valence-electron chi connectivity index (χ4n) is 0.593. The Morgan fingerprint density at radius 3 is 2.67 bits per heavy atom. The predicted octanol–water partition coefficient (Wildman–Crippen LogP) is 1.03. The summed E-state index contributed by atoms with van der Waals surface area (Å²) in [5.41, 5.74) is 0. The minimum absolute atomic E-state index is 0.373. The summed E-state index contributed by atoms with van der Waals surface area (Å²) in [6.07, 6.45) is 0. The van der Waals surface area contributed by atoms with E-state index < -0.39 is 20.6 Å². The van der Waals surface area contributed by atoms with Crippen LogP contribution in [0, 0.1) is 0 Å². The molecule has 0 aliphatic carbocycles. The van der Waals surface area contributed by atoms with Crippen LogP contribution in [0.4, 0.5) is 0 Å². The molecule has 1 N–H and O–H groups in total. The van der Waals surface area contributed by atoms with Gasteiger partial charge in [-0.2, -0.15) is 0 Å². The molecule has 0 atom stereocenters. The van der Waals surface area contributed by atoms with Gasteiger partial charge in [-0.05, 0) is 0 Å². The van der Waals surface area contributed by atoms with Gasteiger partial charge in [0.1, 0.15) is 0 Å². The van der Waals surface area contributed by atoms with Crippen LogP contribution in [0.3, 0.4) is 0 Å². The van der Waals surface area contributed by atoms with E-state index in [2.05, 4.69) is 12.3 Å². The monoisotopic (exact) mass is 287 g/mol. The van der Waals surface area contributed by atoms with Crippen molar-refractivity contribution in [3.8, 4) is 5.75 Å². The first-order valence-electron chi connectivity index (χ1n) is 2.55. The van der Waals surface area contributed by atoms with Crippen LogP contribution in [-0.2, 0) is 0 Å². The summed E-state index contributed by atoms with van der Waals surface area (Å²) in [7, 11) is 0. The zero-order chi connectivity index (χ0) is 6.69. The van der Waals surface area contributed by atoms with E-state index in [0.29, 0.717) is 5.75 Å². The van der Waals surface area contributed by atoms with Gasteiger partial charge < -0.3 is 0 Å². The van der Waals surface area contributed by atoms with Crippen LogP contribution in [0.15, 0.2) is 24.3 Å². The van der Waals surface area contributed by atoms with Gasteiger partial charge in [0.25, 0.3) is 0 Å². The zero-order valence-corrected chi connectivity index (χ0v) is 9.59. The van der Waals surface area contributed by atoms with Crippen molar-refractivity contribution >= 4 is 36.2 Å². The second-order valence-electron chi connectivity index (χ2n) is 1.70. The average molecular weight is 288 g/mol. The fourth-order valence-corrected chi connectivity index (χ4v) is 3.69. The summed E-state index contributed by atoms with van der Waals surface area (Å²) in [5.74, 6) is 0.373. The molecule has 0 fully saturated rings. The Bertz CT molecular complexity index is 202. The van der Waals surface area contributed by atoms with E-state index in [9.17, 15) is 0 Å². The zero-order valence-electron chi connectivity index (χ0n) is 4.71. The molecule has 0 aromatic heterocycles. The second kappa shape index (κ2) is 3.52. The molecule has 1 aromatic rings. The molecule has 1 radical (unpaired) electrons. The van der Waals surface area contributed by atoms with E-state index in [4.69, 9.17) is 5.11 Å². The normalized spacial score (nSPS) is 9.00. The number of halogens is 1. The van der Waals surface area contributed by atoms with Crippen LogP contribution >= 0.6 is 12.3 Å². The molecule has 0 spiro atoms. The molecule has 0 amide bonds. The number of benzene rings is 1. The first kappa shape index (κ1) is 7.48. The summed E-state index contributed by atoms with van der Waals surface area (Å²) in [6.45, 7) is 0. The third-order valence-corrected chi connectivity index (χ3v) is 6.29. The van der Waals surface area contributed by atoms with Crippen LogP contribution in [0.2, 0.25) is 0 Å². The molecule has 0 saturated heterocycles. The third kappa shape index (κ3) is 2.22. The standard InChI is InChI=1S/C6H5O.BrH.In/c7-6-4-2-1-3-5-6;;/h1-2,4-5,7H;1H;/q;;+1/p-1. The van der Waals surface area contributed by atoms with Gasteiger partial charge in [0.05, 0.1) is 0 Å². The maximum absolute atomic E-state index is 8.95. The number of aromatic hydroxyl groups is 1. The van der Waals surface area contributed by atoms with Crippen molar-refractivity contribution in [3.05, 3.63) is 24.3 Å². The van der Waals surface area contributed by atoms with E-state index in [-0.39, 0.29) is 0 Å². The van der Waals surface area contributed by atoms with Crippen molar-refractivity contribution in [2.75, 3.05) is 0 Å². The van der Waals surface area contributed by atoms with Crippen molar-refractivity contribution in [3.63, 3.8) is 0 Å². The number of hydrogen-bond acceptors (Lipinski definition) is 1. The van der Waals surface area contributed by atoms with Gasteiger partial charge in [0, 0.05) is 0 Å². The van der Waals surface area contributed by atoms with Crippen LogP contribution in [-0.4, -0.2) is 25.7 Å². The topological polar surface area (TPSA) is 20.2 Å². The molecule has 9 heavy (non-hydrogen) atoms. The molecule has 0 aliphatic rings. The number of phenolic OH excluding ortho intramolecular Hbond substituents is 1. The van der Waals surface area contributed by atoms with E-state index >= 15 is 0 Å². The minimum atomic E-state index is -0.672. The molecule has 0 bridgehead atoms. The Hall–Kier alpha value is 0.370. The second-order valence-corrected chi connectivity index (χ2v) is 7.30. The SMILES string of the molecule is Oc1ccc[c]([In][Br])c1. The third-order valence-electron chi connectivity index (χ3n) is 0.996. The van der Waals surface area contributed by atoms with Crippen molar-refractivity contribution in [1.82, 2.24) is 0 Å². The van der Waals surface area contributed by atoms with Crippen LogP contribution in [0.5, 0.6) is 5.75 Å². The van der Waals surface area contributed by atoms with Gasteiger partial charge in [0.15, 0.2) is 0 Å². The van der Waals surface area contributed by atoms with Crippen molar-refractivity contribution in [2.45, 2.75) is 0 Å². The Kier molecular flexibility index (Phi) is 2.92. The van der Waals surface area contributed by atoms with Crippen LogP contribution in [0.1, 0.15) is 0 Å². The molecular weight excluding hydrogens is 283 g/mol. The molecule has 0 saturated carbocycles. The van der Waals surface area contributed by atoms with Crippen LogP contribution < -0.4 is 3.32 Å². The average Bonchev–Trinajstić information content (AvgIpc) is 1.88. The Labute approximate surface area is 70.9 Å². The summed E-state index contributed by atoms with van der Waals surface area (Å²) < 4.78 is 1.28. The van der Waals surface area contributed by atoms with E-state index in [1.807, 2.05) is 18.2 Å². The molecule has 0 aliphatic heterocycles. The van der Waals surface area contributed by atoms with Gasteiger partial charge in [-0.1, -0.05) is 0 Å². The van der Waals surface area contributed by atoms with Gasteiger partial charge in [0.2, 0.25) is 0 Å². The maximum atomic E-state index is 8.95. The summed E-state index contributed by atoms with van der Waals surface area (Å²) in [4.78, 5) is 0. The van der Waals surface area contributed by atoms with Crippen molar-refractivity contribution < 1.29 is 5.11 Å². The number of phenols is 1. The van der Waals surface area contributed by atoms with E-state index in [1.54, 1.807) is 6.07 Å². The van der Waals surface area contributed by atoms with Gasteiger partial charge >= 0.3 is 71.3 Å². The summed E-state index contributed by atoms with van der Waals surface area (Å²) in [5, 5.41) is 8.95. The van der Waals surface area contributed by atoms with Crippen LogP contribution in [0.25, 0.3) is 0 Å². The molecule has 0 unspecified atom stereocenters. The fraction of sp³-hybridized carbons (Fsp3) is 0. The van der Waals surface area contributed by atoms with Gasteiger partial charge in [-0.3, -0.25) is 0 Å². The molecule has 1 rings (SSSR count). The molecule has 1 nitrogen and oxygen atoms in total. The van der Waals surface area contributed by atoms with Crippen molar-refractivity contribution in [2.24, 2.45) is 0 Å². The van der Waals surface area contributed by atoms with Gasteiger partial charge in [-0.15, -0.1) is 0 Å². The Balaban J connectivity index is 2.94. The first-order chi connectivity index (χ1) is 4.33.